The number of benzene rings is 3. The van der Waals surface area contributed by atoms with Crippen LogP contribution in [0.25, 0.3) is 0 Å². The first-order chi connectivity index (χ1) is 16.6. The lowest BCUT2D eigenvalue weighted by Gasteiger charge is -2.31. The first-order valence-corrected chi connectivity index (χ1v) is 13.1. The Hall–Kier alpha value is -2.76. The highest BCUT2D eigenvalue weighted by atomic mass is 35.5. The lowest BCUT2D eigenvalue weighted by molar-refractivity contribution is -0.139. The summed E-state index contributed by atoms with van der Waals surface area (Å²) in [5.41, 5.74) is 3.13. The van der Waals surface area contributed by atoms with Gasteiger partial charge < -0.3 is 10.2 Å². The van der Waals surface area contributed by atoms with Crippen LogP contribution < -0.4 is 5.32 Å². The zero-order valence-corrected chi connectivity index (χ0v) is 21.0. The molecule has 0 fully saturated rings. The molecule has 0 unspecified atom stereocenters. The normalized spacial score (nSPS) is 11.6. The van der Waals surface area contributed by atoms with Crippen molar-refractivity contribution in [3.8, 4) is 0 Å². The molecule has 0 spiro atoms. The molecule has 3 aromatic rings. The monoisotopic (exact) mass is 494 g/mol. The molecule has 1 N–H and O–H groups in total. The van der Waals surface area contributed by atoms with Crippen molar-refractivity contribution in [2.45, 2.75) is 38.1 Å². The van der Waals surface area contributed by atoms with Crippen molar-refractivity contribution in [2.24, 2.45) is 0 Å². The molecule has 0 saturated carbocycles. The standard InChI is InChI=1S/C28H31ClN2O2S/c1-2-17-30-28(33)26(18-22-9-5-3-6-10-22)31(19-23-13-15-25(29)16-14-23)27(32)21-34-20-24-11-7-4-8-12-24/h3-16,26H,2,17-21H2,1H3,(H,30,33)/t26-/m1/s1. The topological polar surface area (TPSA) is 49.4 Å². The fraction of sp³-hybridized carbons (Fsp3) is 0.286. The molecule has 3 rings (SSSR count). The van der Waals surface area contributed by atoms with Crippen molar-refractivity contribution >= 4 is 35.2 Å². The number of hydrogen-bond acceptors (Lipinski definition) is 3. The Kier molecular flexibility index (Phi) is 10.5. The Morgan fingerprint density at radius 1 is 0.882 bits per heavy atom. The van der Waals surface area contributed by atoms with Crippen molar-refractivity contribution in [2.75, 3.05) is 12.3 Å². The third-order valence-electron chi connectivity index (χ3n) is 5.42. The van der Waals surface area contributed by atoms with Crippen LogP contribution in [0.2, 0.25) is 5.02 Å². The highest BCUT2D eigenvalue weighted by Gasteiger charge is 2.30. The van der Waals surface area contributed by atoms with Crippen LogP contribution in [0.1, 0.15) is 30.0 Å². The Labute approximate surface area is 211 Å². The lowest BCUT2D eigenvalue weighted by atomic mass is 10.0. The molecular formula is C28H31ClN2O2S. The van der Waals surface area contributed by atoms with E-state index in [1.807, 2.05) is 79.7 Å². The molecule has 0 heterocycles. The van der Waals surface area contributed by atoms with Gasteiger partial charge in [-0.2, -0.15) is 0 Å². The highest BCUT2D eigenvalue weighted by Crippen LogP contribution is 2.19. The van der Waals surface area contributed by atoms with Crippen LogP contribution in [0.15, 0.2) is 84.9 Å². The van der Waals surface area contributed by atoms with Crippen LogP contribution in [0.5, 0.6) is 0 Å². The van der Waals surface area contributed by atoms with Gasteiger partial charge in [0.05, 0.1) is 5.75 Å². The van der Waals surface area contributed by atoms with E-state index in [-0.39, 0.29) is 11.8 Å². The fourth-order valence-corrected chi connectivity index (χ4v) is 4.62. The van der Waals surface area contributed by atoms with Gasteiger partial charge in [0, 0.05) is 30.3 Å². The van der Waals surface area contributed by atoms with Gasteiger partial charge in [-0.15, -0.1) is 11.8 Å². The predicted molar refractivity (Wildman–Crippen MR) is 142 cm³/mol. The molecule has 34 heavy (non-hydrogen) atoms. The number of nitrogens with one attached hydrogen (secondary N) is 1. The largest absolute Gasteiger partial charge is 0.354 e. The number of carbonyl (C=O) groups is 2. The molecule has 2 amide bonds. The van der Waals surface area contributed by atoms with E-state index in [9.17, 15) is 9.59 Å². The second-order valence-electron chi connectivity index (χ2n) is 8.12. The van der Waals surface area contributed by atoms with Crippen molar-refractivity contribution in [3.63, 3.8) is 0 Å². The summed E-state index contributed by atoms with van der Waals surface area (Å²) < 4.78 is 0. The Balaban J connectivity index is 1.82. The SMILES string of the molecule is CCCNC(=O)[C@@H](Cc1ccccc1)N(Cc1ccc(Cl)cc1)C(=O)CSCc1ccccc1. The van der Waals surface area contributed by atoms with Crippen LogP contribution in [0.4, 0.5) is 0 Å². The third kappa shape index (κ3) is 8.23. The van der Waals surface area contributed by atoms with E-state index in [4.69, 9.17) is 11.6 Å². The van der Waals surface area contributed by atoms with E-state index in [1.165, 1.54) is 5.56 Å². The molecule has 0 aromatic heterocycles. The fourth-order valence-electron chi connectivity index (χ4n) is 3.62. The van der Waals surface area contributed by atoms with Crippen LogP contribution in [0.3, 0.4) is 0 Å². The van der Waals surface area contributed by atoms with Gasteiger partial charge in [-0.1, -0.05) is 91.3 Å². The first-order valence-electron chi connectivity index (χ1n) is 11.5. The number of thioether (sulfide) groups is 1. The molecule has 6 heteroatoms. The maximum absolute atomic E-state index is 13.5. The Morgan fingerprint density at radius 3 is 2.12 bits per heavy atom. The molecule has 178 valence electrons. The van der Waals surface area contributed by atoms with E-state index in [2.05, 4.69) is 17.4 Å². The first kappa shape index (κ1) is 25.9. The molecule has 1 atom stereocenters. The zero-order chi connectivity index (χ0) is 24.2. The van der Waals surface area contributed by atoms with E-state index < -0.39 is 6.04 Å². The van der Waals surface area contributed by atoms with Gasteiger partial charge >= 0.3 is 0 Å². The number of carbonyl (C=O) groups excluding carboxylic acids is 2. The number of amides is 2. The second-order valence-corrected chi connectivity index (χ2v) is 9.55. The molecular weight excluding hydrogens is 464 g/mol. The van der Waals surface area contributed by atoms with Crippen molar-refractivity contribution in [1.29, 1.82) is 0 Å². The molecule has 0 aliphatic heterocycles. The molecule has 0 aliphatic rings. The summed E-state index contributed by atoms with van der Waals surface area (Å²) in [5.74, 6) is 0.867. The number of hydrogen-bond donors (Lipinski definition) is 1. The molecule has 3 aromatic carbocycles. The molecule has 0 bridgehead atoms. The van der Waals surface area contributed by atoms with Crippen LogP contribution in [-0.2, 0) is 28.3 Å². The van der Waals surface area contributed by atoms with E-state index >= 15 is 0 Å². The van der Waals surface area contributed by atoms with Crippen LogP contribution in [-0.4, -0.2) is 35.1 Å². The van der Waals surface area contributed by atoms with Crippen molar-refractivity contribution in [3.05, 3.63) is 107 Å². The molecule has 0 radical (unpaired) electrons. The Morgan fingerprint density at radius 2 is 1.50 bits per heavy atom. The third-order valence-corrected chi connectivity index (χ3v) is 6.66. The molecule has 4 nitrogen and oxygen atoms in total. The van der Waals surface area contributed by atoms with Crippen molar-refractivity contribution < 1.29 is 9.59 Å². The van der Waals surface area contributed by atoms with E-state index in [1.54, 1.807) is 16.7 Å². The van der Waals surface area contributed by atoms with Gasteiger partial charge in [0.2, 0.25) is 11.8 Å². The maximum Gasteiger partial charge on any atom is 0.243 e. The maximum atomic E-state index is 13.5. The second kappa shape index (κ2) is 13.8. The summed E-state index contributed by atoms with van der Waals surface area (Å²) in [7, 11) is 0. The van der Waals surface area contributed by atoms with Gasteiger partial charge in [0.1, 0.15) is 6.04 Å². The number of rotatable bonds is 12. The summed E-state index contributed by atoms with van der Waals surface area (Å²) in [6, 6.07) is 26.8. The van der Waals surface area contributed by atoms with Crippen LogP contribution in [0, 0.1) is 0 Å². The lowest BCUT2D eigenvalue weighted by Crippen LogP contribution is -2.51. The zero-order valence-electron chi connectivity index (χ0n) is 19.5. The summed E-state index contributed by atoms with van der Waals surface area (Å²) in [4.78, 5) is 28.5. The van der Waals surface area contributed by atoms with Gasteiger partial charge in [0.15, 0.2) is 0 Å². The summed E-state index contributed by atoms with van der Waals surface area (Å²) in [6.45, 7) is 2.94. The molecule has 0 aliphatic carbocycles. The van der Waals surface area contributed by atoms with Gasteiger partial charge in [0.25, 0.3) is 0 Å². The summed E-state index contributed by atoms with van der Waals surface area (Å²) in [5, 5.41) is 3.64. The minimum atomic E-state index is -0.602. The molecule has 0 saturated heterocycles. The van der Waals surface area contributed by atoms with Crippen LogP contribution >= 0.6 is 23.4 Å². The quantitative estimate of drug-likeness (QED) is 0.349. The minimum Gasteiger partial charge on any atom is -0.354 e. The average molecular weight is 495 g/mol. The number of halogens is 1. The van der Waals surface area contributed by atoms with Gasteiger partial charge in [-0.25, -0.2) is 0 Å². The van der Waals surface area contributed by atoms with Gasteiger partial charge in [-0.3, -0.25) is 9.59 Å². The average Bonchev–Trinajstić information content (AvgIpc) is 2.87. The van der Waals surface area contributed by atoms with Gasteiger partial charge in [-0.05, 0) is 35.2 Å². The van der Waals surface area contributed by atoms with E-state index in [0.29, 0.717) is 30.3 Å². The summed E-state index contributed by atoms with van der Waals surface area (Å²) in [6.07, 6.45) is 1.29. The Bertz CT molecular complexity index is 1030. The van der Waals surface area contributed by atoms with E-state index in [0.717, 1.165) is 23.3 Å². The minimum absolute atomic E-state index is 0.0524. The summed E-state index contributed by atoms with van der Waals surface area (Å²) >= 11 is 7.63. The van der Waals surface area contributed by atoms with Crippen molar-refractivity contribution in [1.82, 2.24) is 10.2 Å². The predicted octanol–water partition coefficient (Wildman–Crippen LogP) is 5.74. The number of nitrogens with zero attached hydrogens (tertiary/aromatic N) is 1. The highest BCUT2D eigenvalue weighted by molar-refractivity contribution is 7.99. The smallest absolute Gasteiger partial charge is 0.243 e.